The van der Waals surface area contributed by atoms with Crippen LogP contribution in [0, 0.1) is 5.41 Å². The first-order chi connectivity index (χ1) is 8.67. The van der Waals surface area contributed by atoms with Crippen LogP contribution < -0.4 is 0 Å². The van der Waals surface area contributed by atoms with E-state index in [1.807, 2.05) is 11.3 Å². The molecule has 0 saturated heterocycles. The Morgan fingerprint density at radius 3 is 2.78 bits per heavy atom. The summed E-state index contributed by atoms with van der Waals surface area (Å²) < 4.78 is 1.31. The molecule has 1 unspecified atom stereocenters. The van der Waals surface area contributed by atoms with Gasteiger partial charge in [0.25, 0.3) is 0 Å². The largest absolute Gasteiger partial charge is 0.241 e. The van der Waals surface area contributed by atoms with Crippen molar-refractivity contribution in [1.82, 2.24) is 4.98 Å². The first-order valence-corrected chi connectivity index (χ1v) is 8.39. The molecule has 1 aliphatic rings. The van der Waals surface area contributed by atoms with E-state index in [0.717, 1.165) is 11.9 Å². The van der Waals surface area contributed by atoms with Crippen LogP contribution in [-0.4, -0.2) is 9.81 Å². The summed E-state index contributed by atoms with van der Waals surface area (Å²) in [5, 5.41) is 1.27. The molecule has 0 spiro atoms. The maximum atomic E-state index is 4.74. The summed E-state index contributed by atoms with van der Waals surface area (Å²) in [6.45, 7) is 2.42. The van der Waals surface area contributed by atoms with Gasteiger partial charge in [-0.05, 0) is 30.4 Å². The minimum Gasteiger partial charge on any atom is -0.241 e. The van der Waals surface area contributed by atoms with E-state index >= 15 is 0 Å². The van der Waals surface area contributed by atoms with E-state index < -0.39 is 0 Å². The molecule has 1 fully saturated rings. The smallest absolute Gasteiger partial charge is 0.0949 e. The van der Waals surface area contributed by atoms with Crippen molar-refractivity contribution in [1.29, 1.82) is 0 Å². The minimum atomic E-state index is 0.470. The molecule has 18 heavy (non-hydrogen) atoms. The number of benzene rings is 1. The Hall–Kier alpha value is -0.410. The molecule has 0 amide bonds. The number of alkyl halides is 1. The molecule has 1 atom stereocenters. The highest BCUT2D eigenvalue weighted by Crippen LogP contribution is 2.45. The lowest BCUT2D eigenvalue weighted by Gasteiger charge is -2.29. The topological polar surface area (TPSA) is 12.9 Å². The van der Waals surface area contributed by atoms with E-state index in [4.69, 9.17) is 4.98 Å². The predicted molar refractivity (Wildman–Crippen MR) is 82.6 cm³/mol. The van der Waals surface area contributed by atoms with Crippen molar-refractivity contribution in [3.05, 3.63) is 29.3 Å². The third-order valence-corrected chi connectivity index (χ3v) is 6.68. The number of rotatable bonds is 3. The van der Waals surface area contributed by atoms with Gasteiger partial charge in [0.2, 0.25) is 0 Å². The number of halogens is 1. The molecule has 1 saturated carbocycles. The maximum Gasteiger partial charge on any atom is 0.0949 e. The number of thiazole rings is 1. The van der Waals surface area contributed by atoms with Gasteiger partial charge < -0.3 is 0 Å². The molecule has 2 aromatic rings. The molecule has 0 N–H and O–H groups in total. The van der Waals surface area contributed by atoms with E-state index in [-0.39, 0.29) is 0 Å². The number of hydrogen-bond acceptors (Lipinski definition) is 2. The number of nitrogens with zero attached hydrogens (tertiary/aromatic N) is 1. The number of hydrogen-bond donors (Lipinski definition) is 0. The average Bonchev–Trinajstić information content (AvgIpc) is 2.95. The summed E-state index contributed by atoms with van der Waals surface area (Å²) in [6, 6.07) is 8.43. The van der Waals surface area contributed by atoms with Gasteiger partial charge in [-0.2, -0.15) is 0 Å². The van der Waals surface area contributed by atoms with Gasteiger partial charge in [-0.25, -0.2) is 4.98 Å². The second-order valence-corrected chi connectivity index (χ2v) is 7.83. The van der Waals surface area contributed by atoms with E-state index in [9.17, 15) is 0 Å². The highest BCUT2D eigenvalue weighted by atomic mass is 79.9. The summed E-state index contributed by atoms with van der Waals surface area (Å²) in [5.41, 5.74) is 1.62. The van der Waals surface area contributed by atoms with Crippen LogP contribution in [-0.2, 0) is 6.42 Å². The maximum absolute atomic E-state index is 4.74. The fourth-order valence-corrected chi connectivity index (χ4v) is 4.89. The number of aromatic nitrogens is 1. The van der Waals surface area contributed by atoms with E-state index in [2.05, 4.69) is 47.1 Å². The zero-order valence-electron chi connectivity index (χ0n) is 10.7. The molecule has 96 valence electrons. The zero-order valence-corrected chi connectivity index (χ0v) is 13.1. The van der Waals surface area contributed by atoms with Crippen LogP contribution >= 0.6 is 27.3 Å². The highest BCUT2D eigenvalue weighted by molar-refractivity contribution is 9.09. The van der Waals surface area contributed by atoms with Gasteiger partial charge in [0, 0.05) is 11.2 Å². The normalized spacial score (nSPS) is 20.3. The second kappa shape index (κ2) is 4.93. The van der Waals surface area contributed by atoms with Crippen LogP contribution in [0.4, 0.5) is 0 Å². The Balaban J connectivity index is 1.79. The van der Waals surface area contributed by atoms with Gasteiger partial charge in [0.05, 0.1) is 15.2 Å². The van der Waals surface area contributed by atoms with Gasteiger partial charge >= 0.3 is 0 Å². The Labute approximate surface area is 121 Å². The highest BCUT2D eigenvalue weighted by Gasteiger charge is 2.35. The van der Waals surface area contributed by atoms with Crippen molar-refractivity contribution in [3.63, 3.8) is 0 Å². The summed E-state index contributed by atoms with van der Waals surface area (Å²) in [4.78, 5) is 5.31. The lowest BCUT2D eigenvalue weighted by atomic mass is 9.84. The summed E-state index contributed by atoms with van der Waals surface area (Å²) in [7, 11) is 0. The molecule has 1 nitrogen and oxygen atoms in total. The summed E-state index contributed by atoms with van der Waals surface area (Å²) in [6.07, 6.45) is 6.55. The molecule has 0 bridgehead atoms. The molecular formula is C15H18BrNS. The van der Waals surface area contributed by atoms with Crippen molar-refractivity contribution in [2.45, 2.75) is 43.9 Å². The standard InChI is InChI=1S/C15H18BrNS/c1-15(8-4-5-9-15)13(16)10-14-17-11-6-2-3-7-12(11)18-14/h2-3,6-7,13H,4-5,8-10H2,1H3. The van der Waals surface area contributed by atoms with Crippen molar-refractivity contribution >= 4 is 37.5 Å². The SMILES string of the molecule is CC1(C(Br)Cc2nc3ccccc3s2)CCCC1. The summed E-state index contributed by atoms with van der Waals surface area (Å²) >= 11 is 5.76. The van der Waals surface area contributed by atoms with Crippen LogP contribution in [0.2, 0.25) is 0 Å². The quantitative estimate of drug-likeness (QED) is 0.709. The molecule has 1 aromatic heterocycles. The van der Waals surface area contributed by atoms with Crippen LogP contribution in [0.15, 0.2) is 24.3 Å². The molecule has 0 aliphatic heterocycles. The van der Waals surface area contributed by atoms with Crippen LogP contribution in [0.25, 0.3) is 10.2 Å². The average molecular weight is 324 g/mol. The van der Waals surface area contributed by atoms with Gasteiger partial charge in [0.1, 0.15) is 0 Å². The molecule has 1 aromatic carbocycles. The van der Waals surface area contributed by atoms with Crippen molar-refractivity contribution in [2.24, 2.45) is 5.41 Å². The Bertz CT molecular complexity index is 509. The van der Waals surface area contributed by atoms with Crippen molar-refractivity contribution in [3.8, 4) is 0 Å². The van der Waals surface area contributed by atoms with Gasteiger partial charge in [-0.1, -0.05) is 47.8 Å². The number of para-hydroxylation sites is 1. The first kappa shape index (κ1) is 12.6. The zero-order chi connectivity index (χ0) is 12.6. The monoisotopic (exact) mass is 323 g/mol. The lowest BCUT2D eigenvalue weighted by Crippen LogP contribution is -2.26. The number of fused-ring (bicyclic) bond motifs is 1. The molecular weight excluding hydrogens is 306 g/mol. The third kappa shape index (κ3) is 2.35. The van der Waals surface area contributed by atoms with Gasteiger partial charge in [0.15, 0.2) is 0 Å². The molecule has 3 heteroatoms. The predicted octanol–water partition coefficient (Wildman–Crippen LogP) is 5.18. The molecule has 1 aliphatic carbocycles. The van der Waals surface area contributed by atoms with Crippen LogP contribution in [0.1, 0.15) is 37.6 Å². The van der Waals surface area contributed by atoms with Gasteiger partial charge in [-0.3, -0.25) is 0 Å². The third-order valence-electron chi connectivity index (χ3n) is 4.19. The van der Waals surface area contributed by atoms with Gasteiger partial charge in [-0.15, -0.1) is 11.3 Å². The molecule has 1 heterocycles. The molecule has 3 rings (SSSR count). The van der Waals surface area contributed by atoms with Crippen LogP contribution in [0.3, 0.4) is 0 Å². The van der Waals surface area contributed by atoms with E-state index in [1.54, 1.807) is 0 Å². The second-order valence-electron chi connectivity index (χ2n) is 5.61. The minimum absolute atomic E-state index is 0.470. The lowest BCUT2D eigenvalue weighted by molar-refractivity contribution is 0.325. The fourth-order valence-electron chi connectivity index (χ4n) is 2.90. The first-order valence-electron chi connectivity index (χ1n) is 6.66. The fraction of sp³-hybridized carbons (Fsp3) is 0.533. The Morgan fingerprint density at radius 2 is 2.06 bits per heavy atom. The van der Waals surface area contributed by atoms with Crippen LogP contribution in [0.5, 0.6) is 0 Å². The Morgan fingerprint density at radius 1 is 1.33 bits per heavy atom. The Kier molecular flexibility index (Phi) is 3.46. The van der Waals surface area contributed by atoms with E-state index in [1.165, 1.54) is 35.4 Å². The van der Waals surface area contributed by atoms with Crippen molar-refractivity contribution in [2.75, 3.05) is 0 Å². The van der Waals surface area contributed by atoms with Crippen molar-refractivity contribution < 1.29 is 0 Å². The molecule has 0 radical (unpaired) electrons. The van der Waals surface area contributed by atoms with E-state index in [0.29, 0.717) is 10.2 Å². The summed E-state index contributed by atoms with van der Waals surface area (Å²) in [5.74, 6) is 0.